The van der Waals surface area contributed by atoms with Gasteiger partial charge in [0, 0.05) is 0 Å². The summed E-state index contributed by atoms with van der Waals surface area (Å²) in [6.45, 7) is 9.95. The van der Waals surface area contributed by atoms with Gasteiger partial charge in [0.05, 0.1) is 38.1 Å². The van der Waals surface area contributed by atoms with Gasteiger partial charge in [-0.15, -0.1) is 0 Å². The van der Waals surface area contributed by atoms with Crippen molar-refractivity contribution in [3.05, 3.63) is 108 Å². The molecule has 8 atom stereocenters. The van der Waals surface area contributed by atoms with Crippen LogP contribution in [0.1, 0.15) is 63.6 Å². The molecule has 2 fully saturated rings. The van der Waals surface area contributed by atoms with E-state index in [0.29, 0.717) is 32.2 Å². The second kappa shape index (κ2) is 14.9. The Bertz CT molecular complexity index is 1210. The summed E-state index contributed by atoms with van der Waals surface area (Å²) in [5.74, 6) is 0.441. The van der Waals surface area contributed by atoms with Crippen molar-refractivity contribution >= 4 is 0 Å². The normalized spacial score (nSPS) is 29.8. The lowest BCUT2D eigenvalue weighted by atomic mass is 9.71. The minimum atomic E-state index is -0.720. The van der Waals surface area contributed by atoms with Gasteiger partial charge in [0.15, 0.2) is 6.29 Å². The van der Waals surface area contributed by atoms with Crippen LogP contribution in [-0.4, -0.2) is 48.0 Å². The Labute approximate surface area is 257 Å². The first-order chi connectivity index (χ1) is 20.8. The summed E-state index contributed by atoms with van der Waals surface area (Å²) in [7, 11) is 0. The molecule has 1 aliphatic carbocycles. The summed E-state index contributed by atoms with van der Waals surface area (Å²) in [6, 6.07) is 30.4. The fourth-order valence-corrected chi connectivity index (χ4v) is 6.21. The molecular formula is C37H48O6. The van der Waals surface area contributed by atoms with Gasteiger partial charge >= 0.3 is 0 Å². The average Bonchev–Trinajstić information content (AvgIpc) is 3.01. The van der Waals surface area contributed by atoms with Crippen LogP contribution in [0.25, 0.3) is 0 Å². The Hall–Kier alpha value is -2.58. The molecule has 5 rings (SSSR count). The summed E-state index contributed by atoms with van der Waals surface area (Å²) in [4.78, 5) is 0. The zero-order chi connectivity index (χ0) is 30.2. The molecule has 0 radical (unpaired) electrons. The van der Waals surface area contributed by atoms with Gasteiger partial charge in [-0.05, 0) is 54.2 Å². The van der Waals surface area contributed by atoms with Gasteiger partial charge in [-0.1, -0.05) is 112 Å². The molecule has 232 valence electrons. The van der Waals surface area contributed by atoms with Crippen LogP contribution in [0.3, 0.4) is 0 Å². The third-order valence-electron chi connectivity index (χ3n) is 8.87. The molecule has 3 aromatic carbocycles. The third-order valence-corrected chi connectivity index (χ3v) is 8.87. The van der Waals surface area contributed by atoms with Gasteiger partial charge in [0.2, 0.25) is 0 Å². The molecule has 43 heavy (non-hydrogen) atoms. The van der Waals surface area contributed by atoms with Crippen molar-refractivity contribution in [3.8, 4) is 0 Å². The second-order valence-electron chi connectivity index (χ2n) is 13.1. The van der Waals surface area contributed by atoms with Crippen LogP contribution in [0.15, 0.2) is 91.0 Å². The van der Waals surface area contributed by atoms with Crippen molar-refractivity contribution in [3.63, 3.8) is 0 Å². The highest BCUT2D eigenvalue weighted by atomic mass is 16.7. The molecule has 0 amide bonds. The highest BCUT2D eigenvalue weighted by Crippen LogP contribution is 2.40. The first-order valence-electron chi connectivity index (χ1n) is 15.7. The van der Waals surface area contributed by atoms with Crippen LogP contribution in [0.4, 0.5) is 0 Å². The molecule has 3 aromatic rings. The van der Waals surface area contributed by atoms with Gasteiger partial charge in [0.1, 0.15) is 18.3 Å². The zero-order valence-corrected chi connectivity index (χ0v) is 26.0. The predicted octanol–water partition coefficient (Wildman–Crippen LogP) is 7.08. The minimum Gasteiger partial charge on any atom is -0.390 e. The van der Waals surface area contributed by atoms with Crippen molar-refractivity contribution < 1.29 is 28.8 Å². The fourth-order valence-electron chi connectivity index (χ4n) is 6.21. The van der Waals surface area contributed by atoms with E-state index in [1.54, 1.807) is 0 Å². The first-order valence-corrected chi connectivity index (χ1v) is 15.7. The number of ether oxygens (including phenoxy) is 5. The third kappa shape index (κ3) is 8.75. The van der Waals surface area contributed by atoms with Gasteiger partial charge in [0.25, 0.3) is 0 Å². The summed E-state index contributed by atoms with van der Waals surface area (Å²) >= 11 is 0. The summed E-state index contributed by atoms with van der Waals surface area (Å²) in [5, 5.41) is 11.2. The van der Waals surface area contributed by atoms with Crippen LogP contribution in [0.5, 0.6) is 0 Å². The Morgan fingerprint density at radius 3 is 1.60 bits per heavy atom. The Morgan fingerprint density at radius 2 is 1.14 bits per heavy atom. The Kier molecular flexibility index (Phi) is 11.1. The molecule has 2 aliphatic rings. The van der Waals surface area contributed by atoms with Gasteiger partial charge in [-0.25, -0.2) is 0 Å². The topological polar surface area (TPSA) is 66.4 Å². The van der Waals surface area contributed by atoms with Gasteiger partial charge in [-0.3, -0.25) is 0 Å². The molecule has 6 nitrogen and oxygen atoms in total. The van der Waals surface area contributed by atoms with Gasteiger partial charge < -0.3 is 28.8 Å². The van der Waals surface area contributed by atoms with Crippen LogP contribution < -0.4 is 0 Å². The largest absolute Gasteiger partial charge is 0.390 e. The molecule has 1 saturated heterocycles. The summed E-state index contributed by atoms with van der Waals surface area (Å²) < 4.78 is 33.0. The number of rotatable bonds is 11. The van der Waals surface area contributed by atoms with Crippen LogP contribution in [0.2, 0.25) is 0 Å². The van der Waals surface area contributed by atoms with Crippen LogP contribution in [0, 0.1) is 11.3 Å². The maximum absolute atomic E-state index is 11.2. The number of aliphatic hydroxyl groups excluding tert-OH is 1. The van der Waals surface area contributed by atoms with E-state index in [1.807, 2.05) is 73.7 Å². The number of aliphatic hydroxyl groups is 1. The smallest absolute Gasteiger partial charge is 0.187 e. The van der Waals surface area contributed by atoms with E-state index < -0.39 is 30.7 Å². The van der Waals surface area contributed by atoms with Crippen molar-refractivity contribution in [2.75, 3.05) is 0 Å². The molecule has 1 saturated carbocycles. The predicted molar refractivity (Wildman–Crippen MR) is 167 cm³/mol. The average molecular weight is 589 g/mol. The summed E-state index contributed by atoms with van der Waals surface area (Å²) in [5.41, 5.74) is 3.34. The quantitative estimate of drug-likeness (QED) is 0.258. The van der Waals surface area contributed by atoms with E-state index in [2.05, 4.69) is 45.0 Å². The van der Waals surface area contributed by atoms with E-state index in [1.165, 1.54) is 0 Å². The molecular weight excluding hydrogens is 540 g/mol. The monoisotopic (exact) mass is 588 g/mol. The lowest BCUT2D eigenvalue weighted by molar-refractivity contribution is -0.335. The number of benzene rings is 3. The molecule has 1 heterocycles. The SMILES string of the molecule is C[C@@H]1O[C@@H](O[C@H]2CC[C@H](C(C)(C)C)C[C@@H]2O)[C@@H](OCc2ccccc2)[C@H](OCc2ccccc2)[C@@H]1OCc1ccccc1. The first kappa shape index (κ1) is 31.8. The Balaban J connectivity index is 1.38. The maximum Gasteiger partial charge on any atom is 0.187 e. The van der Waals surface area contributed by atoms with Crippen LogP contribution in [-0.2, 0) is 43.5 Å². The lowest BCUT2D eigenvalue weighted by Gasteiger charge is -2.47. The molecule has 0 unspecified atom stereocenters. The molecule has 1 aliphatic heterocycles. The summed E-state index contributed by atoms with van der Waals surface area (Å²) in [6.07, 6.45) is -0.910. The molecule has 1 N–H and O–H groups in total. The second-order valence-corrected chi connectivity index (χ2v) is 13.1. The van der Waals surface area contributed by atoms with E-state index in [-0.39, 0.29) is 17.6 Å². The molecule has 6 heteroatoms. The zero-order valence-electron chi connectivity index (χ0n) is 26.0. The van der Waals surface area contributed by atoms with E-state index in [0.717, 1.165) is 29.5 Å². The maximum atomic E-state index is 11.2. The number of hydrogen-bond acceptors (Lipinski definition) is 6. The lowest BCUT2D eigenvalue weighted by Crippen LogP contribution is -2.61. The van der Waals surface area contributed by atoms with Crippen molar-refractivity contribution in [1.29, 1.82) is 0 Å². The molecule has 0 aromatic heterocycles. The highest BCUT2D eigenvalue weighted by Gasteiger charge is 2.49. The number of hydrogen-bond donors (Lipinski definition) is 1. The van der Waals surface area contributed by atoms with E-state index >= 15 is 0 Å². The van der Waals surface area contributed by atoms with E-state index in [4.69, 9.17) is 23.7 Å². The van der Waals surface area contributed by atoms with Gasteiger partial charge in [-0.2, -0.15) is 0 Å². The van der Waals surface area contributed by atoms with Crippen LogP contribution >= 0.6 is 0 Å². The molecule has 0 bridgehead atoms. The minimum absolute atomic E-state index is 0.142. The van der Waals surface area contributed by atoms with Crippen molar-refractivity contribution in [1.82, 2.24) is 0 Å². The highest BCUT2D eigenvalue weighted by molar-refractivity contribution is 5.15. The Morgan fingerprint density at radius 1 is 0.674 bits per heavy atom. The molecule has 0 spiro atoms. The van der Waals surface area contributed by atoms with Crippen molar-refractivity contribution in [2.45, 2.75) is 110 Å². The van der Waals surface area contributed by atoms with Crippen molar-refractivity contribution in [2.24, 2.45) is 11.3 Å². The fraction of sp³-hybridized carbons (Fsp3) is 0.514. The standard InChI is InChI=1S/C37H48O6/c1-26-33(39-23-27-14-8-5-9-15-27)34(40-24-28-16-10-6-11-17-28)35(41-25-29-18-12-7-13-19-29)36(42-26)43-32-21-20-30(22-31(32)38)37(2,3)4/h5-19,26,30-36,38H,20-25H2,1-4H3/t26-,30-,31-,32-,33+,34+,35-,36-/m0/s1. The van der Waals surface area contributed by atoms with E-state index in [9.17, 15) is 5.11 Å².